The van der Waals surface area contributed by atoms with Crippen molar-refractivity contribution in [1.82, 2.24) is 4.90 Å². The molecule has 0 aromatic carbocycles. The van der Waals surface area contributed by atoms with Crippen LogP contribution in [0.5, 0.6) is 0 Å². The minimum Gasteiger partial charge on any atom is -0.478 e. The van der Waals surface area contributed by atoms with E-state index in [4.69, 9.17) is 0 Å². The summed E-state index contributed by atoms with van der Waals surface area (Å²) in [5.41, 5.74) is 1.73. The molecule has 0 saturated carbocycles. The summed E-state index contributed by atoms with van der Waals surface area (Å²) < 4.78 is 0. The van der Waals surface area contributed by atoms with Gasteiger partial charge in [0.1, 0.15) is 0 Å². The molecule has 142 valence electrons. The van der Waals surface area contributed by atoms with Crippen molar-refractivity contribution in [1.29, 1.82) is 0 Å². The predicted octanol–water partition coefficient (Wildman–Crippen LogP) is 6.04. The van der Waals surface area contributed by atoms with Crippen LogP contribution in [0.15, 0.2) is 11.1 Å². The molecule has 3 nitrogen and oxygen atoms in total. The maximum absolute atomic E-state index is 11.3. The standard InChI is InChI=1S/C21H41NO2/c1-5-6-7-8-9-10-11-12-13-14-16-20(19(2)21(23)24)17-15-18-22(3)4/h5-18H2,1-4H3,(H,23,24). The molecule has 0 saturated heterocycles. The van der Waals surface area contributed by atoms with Crippen LogP contribution in [-0.4, -0.2) is 36.6 Å². The number of carbonyl (C=O) groups is 1. The first kappa shape index (κ1) is 23.2. The Hall–Kier alpha value is -0.830. The quantitative estimate of drug-likeness (QED) is 0.275. The zero-order chi connectivity index (χ0) is 18.2. The molecule has 1 N–H and O–H groups in total. The summed E-state index contributed by atoms with van der Waals surface area (Å²) in [6, 6.07) is 0. The molecule has 0 aromatic heterocycles. The lowest BCUT2D eigenvalue weighted by Gasteiger charge is -2.13. The molecule has 3 heteroatoms. The topological polar surface area (TPSA) is 40.5 Å². The number of unbranched alkanes of at least 4 members (excludes halogenated alkanes) is 9. The van der Waals surface area contributed by atoms with Gasteiger partial charge in [-0.05, 0) is 53.2 Å². The van der Waals surface area contributed by atoms with Crippen LogP contribution in [-0.2, 0) is 4.79 Å². The Labute approximate surface area is 150 Å². The molecule has 0 rings (SSSR count). The van der Waals surface area contributed by atoms with Crippen LogP contribution in [0, 0.1) is 0 Å². The van der Waals surface area contributed by atoms with Gasteiger partial charge in [0.25, 0.3) is 0 Å². The van der Waals surface area contributed by atoms with Gasteiger partial charge in [0.15, 0.2) is 0 Å². The highest BCUT2D eigenvalue weighted by atomic mass is 16.4. The van der Waals surface area contributed by atoms with E-state index in [9.17, 15) is 9.90 Å². The van der Waals surface area contributed by atoms with Crippen molar-refractivity contribution < 1.29 is 9.90 Å². The lowest BCUT2D eigenvalue weighted by molar-refractivity contribution is -0.132. The summed E-state index contributed by atoms with van der Waals surface area (Å²) in [6.07, 6.45) is 16.2. The van der Waals surface area contributed by atoms with E-state index in [1.807, 2.05) is 0 Å². The minimum atomic E-state index is -0.748. The van der Waals surface area contributed by atoms with Crippen LogP contribution in [0.1, 0.15) is 97.3 Å². The number of nitrogens with zero attached hydrogens (tertiary/aromatic N) is 1. The molecule has 0 bridgehead atoms. The van der Waals surface area contributed by atoms with Gasteiger partial charge >= 0.3 is 5.97 Å². The Morgan fingerprint density at radius 3 is 1.71 bits per heavy atom. The molecular weight excluding hydrogens is 298 g/mol. The molecular formula is C21H41NO2. The molecule has 0 fully saturated rings. The van der Waals surface area contributed by atoms with Crippen LogP contribution in [0.3, 0.4) is 0 Å². The highest BCUT2D eigenvalue weighted by Gasteiger charge is 2.09. The van der Waals surface area contributed by atoms with Crippen molar-refractivity contribution in [3.8, 4) is 0 Å². The van der Waals surface area contributed by atoms with Gasteiger partial charge in [-0.2, -0.15) is 0 Å². The van der Waals surface area contributed by atoms with Crippen molar-refractivity contribution in [2.24, 2.45) is 0 Å². The summed E-state index contributed by atoms with van der Waals surface area (Å²) in [5, 5.41) is 9.25. The van der Waals surface area contributed by atoms with Crippen LogP contribution in [0.2, 0.25) is 0 Å². The van der Waals surface area contributed by atoms with E-state index in [2.05, 4.69) is 25.9 Å². The van der Waals surface area contributed by atoms with Crippen LogP contribution in [0.25, 0.3) is 0 Å². The largest absolute Gasteiger partial charge is 0.478 e. The second-order valence-electron chi connectivity index (χ2n) is 7.37. The molecule has 0 aliphatic carbocycles. The maximum atomic E-state index is 11.3. The van der Waals surface area contributed by atoms with Crippen molar-refractivity contribution in [2.45, 2.75) is 97.3 Å². The second kappa shape index (κ2) is 15.7. The number of hydrogen-bond acceptors (Lipinski definition) is 2. The highest BCUT2D eigenvalue weighted by molar-refractivity contribution is 5.86. The van der Waals surface area contributed by atoms with Gasteiger partial charge in [-0.1, -0.05) is 70.3 Å². The normalized spacial score (nSPS) is 12.5. The highest BCUT2D eigenvalue weighted by Crippen LogP contribution is 2.20. The fraction of sp³-hybridized carbons (Fsp3) is 0.857. The summed E-state index contributed by atoms with van der Waals surface area (Å²) in [7, 11) is 4.13. The zero-order valence-corrected chi connectivity index (χ0v) is 16.7. The number of hydrogen-bond donors (Lipinski definition) is 1. The number of aliphatic carboxylic acids is 1. The second-order valence-corrected chi connectivity index (χ2v) is 7.37. The molecule has 0 radical (unpaired) electrons. The lowest BCUT2D eigenvalue weighted by Crippen LogP contribution is -2.13. The van der Waals surface area contributed by atoms with Gasteiger partial charge in [-0.15, -0.1) is 0 Å². The average molecular weight is 340 g/mol. The minimum absolute atomic E-state index is 0.574. The molecule has 0 amide bonds. The molecule has 0 atom stereocenters. The first-order chi connectivity index (χ1) is 11.5. The third-order valence-corrected chi connectivity index (χ3v) is 4.77. The number of carboxylic acid groups (broad SMARTS) is 1. The molecule has 24 heavy (non-hydrogen) atoms. The predicted molar refractivity (Wildman–Crippen MR) is 105 cm³/mol. The van der Waals surface area contributed by atoms with Crippen LogP contribution >= 0.6 is 0 Å². The Morgan fingerprint density at radius 2 is 1.25 bits per heavy atom. The molecule has 0 spiro atoms. The zero-order valence-electron chi connectivity index (χ0n) is 16.7. The van der Waals surface area contributed by atoms with E-state index in [0.29, 0.717) is 5.57 Å². The summed E-state index contributed by atoms with van der Waals surface area (Å²) >= 11 is 0. The van der Waals surface area contributed by atoms with Gasteiger partial charge in [-0.3, -0.25) is 0 Å². The third-order valence-electron chi connectivity index (χ3n) is 4.77. The summed E-state index contributed by atoms with van der Waals surface area (Å²) in [5.74, 6) is -0.748. The Morgan fingerprint density at radius 1 is 0.792 bits per heavy atom. The lowest BCUT2D eigenvalue weighted by atomic mass is 9.97. The van der Waals surface area contributed by atoms with Crippen molar-refractivity contribution in [2.75, 3.05) is 20.6 Å². The summed E-state index contributed by atoms with van der Waals surface area (Å²) in [6.45, 7) is 5.05. The van der Waals surface area contributed by atoms with E-state index in [1.54, 1.807) is 6.92 Å². The molecule has 0 aliphatic heterocycles. The fourth-order valence-corrected chi connectivity index (χ4v) is 3.09. The number of rotatable bonds is 16. The first-order valence-corrected chi connectivity index (χ1v) is 10.1. The van der Waals surface area contributed by atoms with E-state index >= 15 is 0 Å². The van der Waals surface area contributed by atoms with Gasteiger partial charge in [0.05, 0.1) is 0 Å². The Balaban J connectivity index is 3.87. The van der Waals surface area contributed by atoms with Crippen LogP contribution < -0.4 is 0 Å². The van der Waals surface area contributed by atoms with E-state index in [1.165, 1.54) is 57.8 Å². The molecule has 0 heterocycles. The molecule has 0 aromatic rings. The maximum Gasteiger partial charge on any atom is 0.331 e. The van der Waals surface area contributed by atoms with E-state index in [-0.39, 0.29) is 0 Å². The van der Waals surface area contributed by atoms with Gasteiger partial charge < -0.3 is 10.0 Å². The third kappa shape index (κ3) is 13.6. The molecule has 0 aliphatic rings. The van der Waals surface area contributed by atoms with Crippen LogP contribution in [0.4, 0.5) is 0 Å². The van der Waals surface area contributed by atoms with Gasteiger partial charge in [0.2, 0.25) is 0 Å². The SMILES string of the molecule is CCCCCCCCCCCCC(CCCN(C)C)=C(C)C(=O)O. The van der Waals surface area contributed by atoms with Crippen molar-refractivity contribution in [3.05, 3.63) is 11.1 Å². The number of allylic oxidation sites excluding steroid dienone is 1. The first-order valence-electron chi connectivity index (χ1n) is 10.1. The van der Waals surface area contributed by atoms with E-state index < -0.39 is 5.97 Å². The Kier molecular flexibility index (Phi) is 15.1. The van der Waals surface area contributed by atoms with Crippen molar-refractivity contribution in [3.63, 3.8) is 0 Å². The monoisotopic (exact) mass is 339 g/mol. The van der Waals surface area contributed by atoms with E-state index in [0.717, 1.165) is 37.8 Å². The van der Waals surface area contributed by atoms with Crippen molar-refractivity contribution >= 4 is 5.97 Å². The average Bonchev–Trinajstić information content (AvgIpc) is 2.53. The molecule has 0 unspecified atom stereocenters. The fourth-order valence-electron chi connectivity index (χ4n) is 3.09. The number of carboxylic acids is 1. The van der Waals surface area contributed by atoms with Gasteiger partial charge in [-0.25, -0.2) is 4.79 Å². The van der Waals surface area contributed by atoms with Gasteiger partial charge in [0, 0.05) is 5.57 Å². The summed E-state index contributed by atoms with van der Waals surface area (Å²) in [4.78, 5) is 13.4. The Bertz CT molecular complexity index is 348. The smallest absolute Gasteiger partial charge is 0.331 e.